The molecule has 1 aliphatic heterocycles. The first-order valence-electron chi connectivity index (χ1n) is 8.31. The van der Waals surface area contributed by atoms with Crippen LogP contribution in [-0.4, -0.2) is 52.0 Å². The van der Waals surface area contributed by atoms with E-state index in [0.29, 0.717) is 26.1 Å². The van der Waals surface area contributed by atoms with Crippen LogP contribution in [0.1, 0.15) is 22.4 Å². The van der Waals surface area contributed by atoms with Crippen molar-refractivity contribution in [3.8, 4) is 0 Å². The zero-order chi connectivity index (χ0) is 16.8. The van der Waals surface area contributed by atoms with E-state index in [9.17, 15) is 9.90 Å². The number of thiophene rings is 1. The van der Waals surface area contributed by atoms with Crippen LogP contribution in [-0.2, 0) is 24.3 Å². The average Bonchev–Trinajstić information content (AvgIpc) is 3.08. The van der Waals surface area contributed by atoms with E-state index in [1.54, 1.807) is 17.5 Å². The lowest BCUT2D eigenvalue weighted by atomic mass is 10.1. The van der Waals surface area contributed by atoms with Gasteiger partial charge in [0.05, 0.1) is 6.61 Å². The van der Waals surface area contributed by atoms with Crippen LogP contribution in [0.4, 0.5) is 0 Å². The fourth-order valence-electron chi connectivity index (χ4n) is 3.03. The highest BCUT2D eigenvalue weighted by Crippen LogP contribution is 2.24. The molecule has 128 valence electrons. The molecule has 1 amide bonds. The van der Waals surface area contributed by atoms with Crippen LogP contribution in [0.5, 0.6) is 0 Å². The molecule has 1 aliphatic rings. The van der Waals surface area contributed by atoms with Gasteiger partial charge in [-0.15, -0.1) is 11.3 Å². The summed E-state index contributed by atoms with van der Waals surface area (Å²) >= 11 is 1.79. The Kier molecular flexibility index (Phi) is 5.96. The summed E-state index contributed by atoms with van der Waals surface area (Å²) in [7, 11) is 0. The molecule has 5 nitrogen and oxygen atoms in total. The third-order valence-corrected chi connectivity index (χ3v) is 5.37. The summed E-state index contributed by atoms with van der Waals surface area (Å²) in [5, 5.41) is 11.4. The summed E-state index contributed by atoms with van der Waals surface area (Å²) < 4.78 is 0. The molecule has 0 aliphatic carbocycles. The monoisotopic (exact) mass is 345 g/mol. The number of carbonyl (C=O) groups excluding carboxylic acids is 1. The number of carbonyl (C=O) groups is 1. The lowest BCUT2D eigenvalue weighted by molar-refractivity contribution is -0.132. The molecule has 0 atom stereocenters. The van der Waals surface area contributed by atoms with E-state index >= 15 is 0 Å². The van der Waals surface area contributed by atoms with Gasteiger partial charge in [-0.1, -0.05) is 6.07 Å². The number of rotatable bonds is 7. The van der Waals surface area contributed by atoms with Crippen molar-refractivity contribution in [1.82, 2.24) is 14.8 Å². The molecular weight excluding hydrogens is 322 g/mol. The quantitative estimate of drug-likeness (QED) is 0.833. The van der Waals surface area contributed by atoms with Crippen LogP contribution >= 0.6 is 11.3 Å². The number of hydrogen-bond acceptors (Lipinski definition) is 5. The summed E-state index contributed by atoms with van der Waals surface area (Å²) in [6.07, 6.45) is 5.03. The maximum Gasteiger partial charge on any atom is 0.224 e. The molecule has 0 saturated heterocycles. The van der Waals surface area contributed by atoms with Crippen molar-refractivity contribution in [3.05, 3.63) is 52.0 Å². The van der Waals surface area contributed by atoms with E-state index in [1.165, 1.54) is 10.4 Å². The van der Waals surface area contributed by atoms with Crippen molar-refractivity contribution in [1.29, 1.82) is 0 Å². The fraction of sp³-hybridized carbons (Fsp3) is 0.444. The van der Waals surface area contributed by atoms with Crippen LogP contribution < -0.4 is 0 Å². The number of hydrogen-bond donors (Lipinski definition) is 1. The van der Waals surface area contributed by atoms with Crippen molar-refractivity contribution in [2.24, 2.45) is 0 Å². The molecule has 3 heterocycles. The summed E-state index contributed by atoms with van der Waals surface area (Å²) in [6, 6.07) is 6.05. The lowest BCUT2D eigenvalue weighted by Gasteiger charge is -2.28. The molecule has 1 N–H and O–H groups in total. The Morgan fingerprint density at radius 1 is 1.38 bits per heavy atom. The van der Waals surface area contributed by atoms with Crippen molar-refractivity contribution >= 4 is 17.2 Å². The molecule has 0 radical (unpaired) electrons. The molecule has 6 heteroatoms. The highest BCUT2D eigenvalue weighted by Gasteiger charge is 2.21. The Morgan fingerprint density at radius 2 is 2.29 bits per heavy atom. The molecule has 0 fully saturated rings. The molecule has 0 spiro atoms. The average molecular weight is 345 g/mol. The van der Waals surface area contributed by atoms with Crippen molar-refractivity contribution in [2.45, 2.75) is 25.9 Å². The molecule has 24 heavy (non-hydrogen) atoms. The zero-order valence-corrected chi connectivity index (χ0v) is 14.5. The van der Waals surface area contributed by atoms with Crippen LogP contribution in [0.25, 0.3) is 0 Å². The Balaban J connectivity index is 1.52. The highest BCUT2D eigenvalue weighted by atomic mass is 32.1. The number of nitrogens with zero attached hydrogens (tertiary/aromatic N) is 3. The molecule has 3 rings (SSSR count). The first-order chi connectivity index (χ1) is 11.8. The van der Waals surface area contributed by atoms with Gasteiger partial charge < -0.3 is 10.0 Å². The number of fused-ring (bicyclic) bond motifs is 1. The largest absolute Gasteiger partial charge is 0.395 e. The molecule has 2 aromatic rings. The van der Waals surface area contributed by atoms with Gasteiger partial charge in [-0.2, -0.15) is 0 Å². The topological polar surface area (TPSA) is 56.7 Å². The van der Waals surface area contributed by atoms with Gasteiger partial charge >= 0.3 is 0 Å². The third kappa shape index (κ3) is 4.41. The lowest BCUT2D eigenvalue weighted by Crippen LogP contribution is -2.38. The maximum atomic E-state index is 12.5. The number of aromatic nitrogens is 1. The number of aliphatic hydroxyl groups is 1. The van der Waals surface area contributed by atoms with Gasteiger partial charge in [0.2, 0.25) is 5.91 Å². The second-order valence-corrected chi connectivity index (χ2v) is 7.05. The highest BCUT2D eigenvalue weighted by molar-refractivity contribution is 7.10. The van der Waals surface area contributed by atoms with E-state index in [1.807, 2.05) is 23.2 Å². The first-order valence-corrected chi connectivity index (χ1v) is 9.19. The van der Waals surface area contributed by atoms with Gasteiger partial charge in [0.15, 0.2) is 0 Å². The van der Waals surface area contributed by atoms with Crippen LogP contribution in [0, 0.1) is 0 Å². The van der Waals surface area contributed by atoms with Gasteiger partial charge in [-0.25, -0.2) is 0 Å². The summed E-state index contributed by atoms with van der Waals surface area (Å²) in [5.41, 5.74) is 2.39. The molecule has 0 bridgehead atoms. The minimum Gasteiger partial charge on any atom is -0.395 e. The smallest absolute Gasteiger partial charge is 0.224 e. The number of amides is 1. The van der Waals surface area contributed by atoms with Crippen LogP contribution in [0.3, 0.4) is 0 Å². The predicted octanol–water partition coefficient (Wildman–Crippen LogP) is 1.91. The van der Waals surface area contributed by atoms with Gasteiger partial charge in [-0.3, -0.25) is 14.7 Å². The summed E-state index contributed by atoms with van der Waals surface area (Å²) in [6.45, 7) is 3.57. The van der Waals surface area contributed by atoms with Gasteiger partial charge in [-0.05, 0) is 35.1 Å². The van der Waals surface area contributed by atoms with Crippen molar-refractivity contribution in [3.63, 3.8) is 0 Å². The molecular formula is C18H23N3O2S. The first kappa shape index (κ1) is 17.1. The van der Waals surface area contributed by atoms with Crippen molar-refractivity contribution < 1.29 is 9.90 Å². The Morgan fingerprint density at radius 3 is 3.08 bits per heavy atom. The Labute approximate surface area is 146 Å². The normalized spacial score (nSPS) is 14.0. The minimum atomic E-state index is 0.0937. The Hall–Kier alpha value is -1.76. The molecule has 0 saturated carbocycles. The second-order valence-electron chi connectivity index (χ2n) is 6.05. The standard InChI is InChI=1S/C18H23N3O2S/c22-10-9-20(13-15-2-1-6-19-12-15)7-4-18(23)21-8-3-17-16(14-21)5-11-24-17/h1-2,5-6,11-12,22H,3-4,7-10,13-14H2. The maximum absolute atomic E-state index is 12.5. The fourth-order valence-corrected chi connectivity index (χ4v) is 3.92. The van der Waals surface area contributed by atoms with Crippen LogP contribution in [0.2, 0.25) is 0 Å². The van der Waals surface area contributed by atoms with Gasteiger partial charge in [0, 0.05) is 56.4 Å². The van der Waals surface area contributed by atoms with Gasteiger partial charge in [0.25, 0.3) is 0 Å². The third-order valence-electron chi connectivity index (χ3n) is 4.35. The van der Waals surface area contributed by atoms with Crippen molar-refractivity contribution in [2.75, 3.05) is 26.2 Å². The van der Waals surface area contributed by atoms with E-state index in [4.69, 9.17) is 0 Å². The summed E-state index contributed by atoms with van der Waals surface area (Å²) in [4.78, 5) is 22.1. The van der Waals surface area contributed by atoms with E-state index in [2.05, 4.69) is 21.3 Å². The number of pyridine rings is 1. The van der Waals surface area contributed by atoms with Gasteiger partial charge in [0.1, 0.15) is 0 Å². The molecule has 0 aromatic carbocycles. The molecule has 0 unspecified atom stereocenters. The minimum absolute atomic E-state index is 0.0937. The number of aliphatic hydroxyl groups excluding tert-OH is 1. The second kappa shape index (κ2) is 8.37. The van der Waals surface area contributed by atoms with E-state index in [-0.39, 0.29) is 12.5 Å². The molecule has 2 aromatic heterocycles. The summed E-state index contributed by atoms with van der Waals surface area (Å²) in [5.74, 6) is 0.195. The van der Waals surface area contributed by atoms with E-state index in [0.717, 1.165) is 25.1 Å². The van der Waals surface area contributed by atoms with Crippen LogP contribution in [0.15, 0.2) is 36.0 Å². The Bertz CT molecular complexity index is 659. The van der Waals surface area contributed by atoms with E-state index < -0.39 is 0 Å². The SMILES string of the molecule is O=C(CCN(CCO)Cc1cccnc1)N1CCc2sccc2C1. The predicted molar refractivity (Wildman–Crippen MR) is 94.7 cm³/mol. The zero-order valence-electron chi connectivity index (χ0n) is 13.7.